The van der Waals surface area contributed by atoms with Crippen LogP contribution in [0.3, 0.4) is 0 Å². The number of aliphatic hydroxyl groups excluding tert-OH is 1. The standard InChI is InChI=1S/C11H15NO2S2/c1-14-5-2-4-12-10(8-13)7-9-3-6-15-11(9)16-12/h3,6-7,13H,2,4-5,8H2,1H3. The second-order valence-electron chi connectivity index (χ2n) is 3.50. The molecule has 1 aromatic rings. The molecule has 1 aliphatic rings. The van der Waals surface area contributed by atoms with E-state index in [1.54, 1.807) is 30.4 Å². The molecule has 2 heterocycles. The van der Waals surface area contributed by atoms with Gasteiger partial charge in [0.25, 0.3) is 0 Å². The monoisotopic (exact) mass is 257 g/mol. The molecule has 0 unspecified atom stereocenters. The van der Waals surface area contributed by atoms with Gasteiger partial charge >= 0.3 is 0 Å². The number of thiophene rings is 1. The van der Waals surface area contributed by atoms with Crippen molar-refractivity contribution in [2.24, 2.45) is 0 Å². The van der Waals surface area contributed by atoms with Gasteiger partial charge in [-0.2, -0.15) is 0 Å². The minimum absolute atomic E-state index is 0.0925. The van der Waals surface area contributed by atoms with Gasteiger partial charge in [0, 0.05) is 25.8 Å². The summed E-state index contributed by atoms with van der Waals surface area (Å²) in [6, 6.07) is 2.09. The molecule has 1 aromatic heterocycles. The maximum absolute atomic E-state index is 9.33. The topological polar surface area (TPSA) is 32.7 Å². The third-order valence-corrected chi connectivity index (χ3v) is 4.64. The molecule has 88 valence electrons. The predicted octanol–water partition coefficient (Wildman–Crippen LogP) is 2.44. The number of hydrogen-bond donors (Lipinski definition) is 1. The first-order valence-corrected chi connectivity index (χ1v) is 6.84. The van der Waals surface area contributed by atoms with E-state index in [9.17, 15) is 5.11 Å². The molecular formula is C11H15NO2S2. The molecule has 1 N–H and O–H groups in total. The molecule has 0 aliphatic carbocycles. The third kappa shape index (κ3) is 2.60. The van der Waals surface area contributed by atoms with Crippen molar-refractivity contribution in [1.29, 1.82) is 0 Å². The maximum Gasteiger partial charge on any atom is 0.0882 e. The highest BCUT2D eigenvalue weighted by atomic mass is 32.2. The fraction of sp³-hybridized carbons (Fsp3) is 0.455. The molecular weight excluding hydrogens is 242 g/mol. The predicted molar refractivity (Wildman–Crippen MR) is 68.4 cm³/mol. The zero-order chi connectivity index (χ0) is 11.4. The molecule has 5 heteroatoms. The van der Waals surface area contributed by atoms with Gasteiger partial charge in [0.2, 0.25) is 0 Å². The summed E-state index contributed by atoms with van der Waals surface area (Å²) < 4.78 is 8.49. The Morgan fingerprint density at radius 2 is 2.38 bits per heavy atom. The van der Waals surface area contributed by atoms with Crippen molar-refractivity contribution in [3.63, 3.8) is 0 Å². The summed E-state index contributed by atoms with van der Waals surface area (Å²) in [5.41, 5.74) is 2.20. The molecule has 0 bridgehead atoms. The molecule has 0 aromatic carbocycles. The molecule has 3 nitrogen and oxygen atoms in total. The Labute approximate surface area is 104 Å². The van der Waals surface area contributed by atoms with Gasteiger partial charge in [-0.15, -0.1) is 11.3 Å². The van der Waals surface area contributed by atoms with Crippen LogP contribution in [-0.4, -0.2) is 36.3 Å². The number of ether oxygens (including phenoxy) is 1. The first-order valence-electron chi connectivity index (χ1n) is 5.18. The number of nitrogens with zero attached hydrogens (tertiary/aromatic N) is 1. The summed E-state index contributed by atoms with van der Waals surface area (Å²) in [4.78, 5) is 0. The number of hydrogen-bond acceptors (Lipinski definition) is 5. The van der Waals surface area contributed by atoms with Gasteiger partial charge in [-0.05, 0) is 35.9 Å². The van der Waals surface area contributed by atoms with E-state index in [-0.39, 0.29) is 6.61 Å². The number of fused-ring (bicyclic) bond motifs is 1. The van der Waals surface area contributed by atoms with Crippen LogP contribution in [0.15, 0.2) is 21.4 Å². The van der Waals surface area contributed by atoms with Gasteiger partial charge in [0.05, 0.1) is 16.5 Å². The van der Waals surface area contributed by atoms with Crippen LogP contribution in [0.4, 0.5) is 0 Å². The van der Waals surface area contributed by atoms with Crippen LogP contribution in [0.5, 0.6) is 0 Å². The Morgan fingerprint density at radius 1 is 1.50 bits per heavy atom. The smallest absolute Gasteiger partial charge is 0.0882 e. The van der Waals surface area contributed by atoms with E-state index in [0.717, 1.165) is 25.3 Å². The molecule has 0 spiro atoms. The van der Waals surface area contributed by atoms with E-state index in [0.29, 0.717) is 0 Å². The Kier molecular flexibility index (Phi) is 4.29. The largest absolute Gasteiger partial charge is 0.390 e. The summed E-state index contributed by atoms with van der Waals surface area (Å²) >= 11 is 3.46. The van der Waals surface area contributed by atoms with Gasteiger partial charge in [-0.25, -0.2) is 0 Å². The van der Waals surface area contributed by atoms with Crippen molar-refractivity contribution in [2.45, 2.75) is 10.6 Å². The van der Waals surface area contributed by atoms with E-state index in [2.05, 4.69) is 21.8 Å². The third-order valence-electron chi connectivity index (χ3n) is 2.37. The highest BCUT2D eigenvalue weighted by Crippen LogP contribution is 2.39. The molecule has 0 saturated carbocycles. The number of methoxy groups -OCH3 is 1. The highest BCUT2D eigenvalue weighted by Gasteiger charge is 2.19. The summed E-state index contributed by atoms with van der Waals surface area (Å²) in [5, 5.41) is 11.4. The van der Waals surface area contributed by atoms with Crippen molar-refractivity contribution < 1.29 is 9.84 Å². The van der Waals surface area contributed by atoms with Gasteiger partial charge in [0.15, 0.2) is 0 Å². The molecule has 16 heavy (non-hydrogen) atoms. The van der Waals surface area contributed by atoms with Crippen LogP contribution in [0, 0.1) is 0 Å². The van der Waals surface area contributed by atoms with E-state index >= 15 is 0 Å². The van der Waals surface area contributed by atoms with Crippen molar-refractivity contribution in [3.8, 4) is 0 Å². The lowest BCUT2D eigenvalue weighted by Gasteiger charge is -2.27. The molecule has 0 amide bonds. The Hall–Kier alpha value is -0.490. The Morgan fingerprint density at radius 3 is 3.12 bits per heavy atom. The molecule has 0 radical (unpaired) electrons. The first kappa shape index (κ1) is 12.0. The zero-order valence-corrected chi connectivity index (χ0v) is 10.8. The molecule has 0 fully saturated rings. The SMILES string of the molecule is COCCCN1Sc2sccc2C=C1CO. The number of rotatable bonds is 5. The van der Waals surface area contributed by atoms with Crippen molar-refractivity contribution in [3.05, 3.63) is 22.7 Å². The van der Waals surface area contributed by atoms with Crippen LogP contribution in [0.25, 0.3) is 6.08 Å². The van der Waals surface area contributed by atoms with E-state index in [1.165, 1.54) is 9.77 Å². The van der Waals surface area contributed by atoms with Crippen LogP contribution in [0.1, 0.15) is 12.0 Å². The fourth-order valence-electron chi connectivity index (χ4n) is 1.56. The fourth-order valence-corrected chi connectivity index (χ4v) is 3.65. The second kappa shape index (κ2) is 5.72. The minimum atomic E-state index is 0.0925. The van der Waals surface area contributed by atoms with Gasteiger partial charge < -0.3 is 14.1 Å². The average molecular weight is 257 g/mol. The molecule has 2 rings (SSSR count). The van der Waals surface area contributed by atoms with Crippen molar-refractivity contribution in [2.75, 3.05) is 26.9 Å². The normalized spacial score (nSPS) is 14.9. The molecule has 1 aliphatic heterocycles. The second-order valence-corrected chi connectivity index (χ2v) is 5.70. The van der Waals surface area contributed by atoms with Gasteiger partial charge in [0.1, 0.15) is 0 Å². The first-order chi connectivity index (χ1) is 7.85. The van der Waals surface area contributed by atoms with Gasteiger partial charge in [-0.3, -0.25) is 0 Å². The van der Waals surface area contributed by atoms with E-state index in [1.807, 2.05) is 0 Å². The lowest BCUT2D eigenvalue weighted by Crippen LogP contribution is -2.21. The number of aliphatic hydroxyl groups is 1. The lowest BCUT2D eigenvalue weighted by atomic mass is 10.2. The summed E-state index contributed by atoms with van der Waals surface area (Å²) in [6.45, 7) is 1.75. The summed E-state index contributed by atoms with van der Waals surface area (Å²) in [6.07, 6.45) is 3.04. The van der Waals surface area contributed by atoms with Crippen LogP contribution >= 0.6 is 23.3 Å². The van der Waals surface area contributed by atoms with Crippen molar-refractivity contribution >= 4 is 29.4 Å². The van der Waals surface area contributed by atoms with Crippen LogP contribution in [0.2, 0.25) is 0 Å². The van der Waals surface area contributed by atoms with Crippen LogP contribution in [-0.2, 0) is 4.74 Å². The van der Waals surface area contributed by atoms with E-state index < -0.39 is 0 Å². The van der Waals surface area contributed by atoms with Gasteiger partial charge in [-0.1, -0.05) is 0 Å². The minimum Gasteiger partial charge on any atom is -0.390 e. The van der Waals surface area contributed by atoms with Crippen LogP contribution < -0.4 is 0 Å². The quantitative estimate of drug-likeness (QED) is 0.649. The summed E-state index contributed by atoms with van der Waals surface area (Å²) in [7, 11) is 1.71. The molecule has 0 atom stereocenters. The van der Waals surface area contributed by atoms with E-state index in [4.69, 9.17) is 4.74 Å². The molecule has 0 saturated heterocycles. The summed E-state index contributed by atoms with van der Waals surface area (Å²) in [5.74, 6) is 0. The lowest BCUT2D eigenvalue weighted by molar-refractivity contribution is 0.189. The average Bonchev–Trinajstić information content (AvgIpc) is 2.75. The Balaban J connectivity index is 2.04. The van der Waals surface area contributed by atoms with Crippen molar-refractivity contribution in [1.82, 2.24) is 4.31 Å². The maximum atomic E-state index is 9.33. The zero-order valence-electron chi connectivity index (χ0n) is 9.18. The Bertz CT molecular complexity index is 376. The highest BCUT2D eigenvalue weighted by molar-refractivity contribution is 7.99.